The molecule has 0 aromatic rings. The molecule has 0 heterocycles. The van der Waals surface area contributed by atoms with E-state index in [9.17, 15) is 4.79 Å². The molecule has 0 spiro atoms. The van der Waals surface area contributed by atoms with E-state index in [0.717, 1.165) is 0 Å². The van der Waals surface area contributed by atoms with Crippen LogP contribution in [0.1, 0.15) is 0 Å². The number of nitrogens with two attached hydrogens (primary N) is 1. The molecule has 1 unspecified atom stereocenters. The Labute approximate surface area is 52.4 Å². The maximum absolute atomic E-state index is 9.76. The van der Waals surface area contributed by atoms with Crippen LogP contribution in [0.25, 0.3) is 0 Å². The zero-order chi connectivity index (χ0) is 5.86. The van der Waals surface area contributed by atoms with Crippen LogP contribution >= 0.6 is 12.6 Å². The first-order valence-electron chi connectivity index (χ1n) is 1.77. The van der Waals surface area contributed by atoms with E-state index in [1.807, 2.05) is 0 Å². The van der Waals surface area contributed by atoms with Crippen LogP contribution in [0.5, 0.6) is 0 Å². The van der Waals surface area contributed by atoms with Crippen molar-refractivity contribution in [2.75, 3.05) is 5.75 Å². The molecule has 0 rings (SSSR count). The number of carboxylic acids is 1. The molecular formula is C3H9NO3S. The van der Waals surface area contributed by atoms with E-state index in [1.165, 1.54) is 0 Å². The molecule has 4 nitrogen and oxygen atoms in total. The van der Waals surface area contributed by atoms with Crippen molar-refractivity contribution in [3.63, 3.8) is 0 Å². The fourth-order valence-electron chi connectivity index (χ4n) is 0.0781. The van der Waals surface area contributed by atoms with E-state index in [2.05, 4.69) is 12.6 Å². The fourth-order valence-corrected chi connectivity index (χ4v) is 0.234. The average Bonchev–Trinajstić information content (AvgIpc) is 1.65. The second-order valence-electron chi connectivity index (χ2n) is 1.13. The molecule has 8 heavy (non-hydrogen) atoms. The molecule has 0 aromatic heterocycles. The zero-order valence-corrected chi connectivity index (χ0v) is 5.06. The van der Waals surface area contributed by atoms with E-state index in [4.69, 9.17) is 10.8 Å². The van der Waals surface area contributed by atoms with Crippen molar-refractivity contribution >= 4 is 18.6 Å². The van der Waals surface area contributed by atoms with Gasteiger partial charge in [-0.2, -0.15) is 12.6 Å². The second-order valence-corrected chi connectivity index (χ2v) is 1.49. The van der Waals surface area contributed by atoms with Crippen LogP contribution in [-0.4, -0.2) is 28.3 Å². The number of hydrogen-bond donors (Lipinski definition) is 3. The van der Waals surface area contributed by atoms with Crippen molar-refractivity contribution in [1.29, 1.82) is 0 Å². The van der Waals surface area contributed by atoms with Gasteiger partial charge >= 0.3 is 5.97 Å². The predicted molar refractivity (Wildman–Crippen MR) is 33.1 cm³/mol. The van der Waals surface area contributed by atoms with Crippen molar-refractivity contribution in [2.24, 2.45) is 5.73 Å². The summed E-state index contributed by atoms with van der Waals surface area (Å²) in [4.78, 5) is 9.76. The lowest BCUT2D eigenvalue weighted by atomic mass is 10.4. The first-order chi connectivity index (χ1) is 3.18. The lowest BCUT2D eigenvalue weighted by Gasteiger charge is -1.96. The molecule has 0 fully saturated rings. The summed E-state index contributed by atoms with van der Waals surface area (Å²) in [6.45, 7) is 0. The van der Waals surface area contributed by atoms with Crippen LogP contribution in [0.3, 0.4) is 0 Å². The van der Waals surface area contributed by atoms with Gasteiger partial charge in [-0.25, -0.2) is 0 Å². The summed E-state index contributed by atoms with van der Waals surface area (Å²) in [5.74, 6) is -0.815. The van der Waals surface area contributed by atoms with E-state index in [0.29, 0.717) is 0 Å². The van der Waals surface area contributed by atoms with Gasteiger partial charge in [-0.1, -0.05) is 0 Å². The maximum atomic E-state index is 9.76. The van der Waals surface area contributed by atoms with Crippen LogP contribution < -0.4 is 5.73 Å². The fraction of sp³-hybridized carbons (Fsp3) is 0.667. The van der Waals surface area contributed by atoms with E-state index < -0.39 is 12.0 Å². The maximum Gasteiger partial charge on any atom is 0.321 e. The minimum atomic E-state index is -1.00. The summed E-state index contributed by atoms with van der Waals surface area (Å²) < 4.78 is 0. The van der Waals surface area contributed by atoms with Crippen LogP contribution in [0, 0.1) is 0 Å². The Hall–Kier alpha value is -0.260. The molecule has 5 N–H and O–H groups in total. The molecule has 0 aliphatic carbocycles. The van der Waals surface area contributed by atoms with Crippen molar-refractivity contribution in [2.45, 2.75) is 6.04 Å². The topological polar surface area (TPSA) is 94.8 Å². The number of carbonyl (C=O) groups is 1. The molecule has 0 saturated heterocycles. The molecule has 0 amide bonds. The summed E-state index contributed by atoms with van der Waals surface area (Å²) in [5.41, 5.74) is 4.94. The quantitative estimate of drug-likeness (QED) is 0.406. The SMILES string of the molecule is NC(CS)C(=O)O.O. The van der Waals surface area contributed by atoms with E-state index >= 15 is 0 Å². The summed E-state index contributed by atoms with van der Waals surface area (Å²) >= 11 is 3.65. The van der Waals surface area contributed by atoms with Gasteiger partial charge in [0, 0.05) is 5.75 Å². The van der Waals surface area contributed by atoms with Gasteiger partial charge in [-0.3, -0.25) is 4.79 Å². The molecule has 0 radical (unpaired) electrons. The number of thiol groups is 1. The Morgan fingerprint density at radius 2 is 2.25 bits per heavy atom. The lowest BCUT2D eigenvalue weighted by molar-refractivity contribution is -0.137. The second kappa shape index (κ2) is 4.89. The van der Waals surface area contributed by atoms with Gasteiger partial charge in [0.15, 0.2) is 0 Å². The Morgan fingerprint density at radius 3 is 2.25 bits per heavy atom. The minimum absolute atomic E-state index is 0. The van der Waals surface area contributed by atoms with Gasteiger partial charge < -0.3 is 16.3 Å². The summed E-state index contributed by atoms with van der Waals surface area (Å²) in [6.07, 6.45) is 0. The standard InChI is InChI=1S/C3H7NO2S.H2O/c4-2(1-7)3(5)6;/h2,7H,1,4H2,(H,5,6);1H2. The molecule has 1 atom stereocenters. The molecule has 0 aliphatic heterocycles. The highest BCUT2D eigenvalue weighted by Gasteiger charge is 2.06. The van der Waals surface area contributed by atoms with Crippen molar-refractivity contribution in [1.82, 2.24) is 0 Å². The minimum Gasteiger partial charge on any atom is -0.480 e. The molecule has 50 valence electrons. The van der Waals surface area contributed by atoms with Gasteiger partial charge in [-0.05, 0) is 0 Å². The molecule has 0 aliphatic rings. The Balaban J connectivity index is 0. The van der Waals surface area contributed by atoms with E-state index in [1.54, 1.807) is 0 Å². The molecular weight excluding hydrogens is 130 g/mol. The Bertz CT molecular complexity index is 76.9. The van der Waals surface area contributed by atoms with Gasteiger partial charge in [0.25, 0.3) is 0 Å². The molecule has 0 saturated carbocycles. The van der Waals surface area contributed by atoms with Gasteiger partial charge in [0.05, 0.1) is 0 Å². The van der Waals surface area contributed by atoms with Gasteiger partial charge in [-0.15, -0.1) is 0 Å². The largest absolute Gasteiger partial charge is 0.480 e. The third kappa shape index (κ3) is 3.91. The normalized spacial score (nSPS) is 11.8. The highest BCUT2D eigenvalue weighted by atomic mass is 32.1. The first kappa shape index (κ1) is 10.7. The summed E-state index contributed by atoms with van der Waals surface area (Å²) in [5, 5.41) is 8.01. The predicted octanol–water partition coefficient (Wildman–Crippen LogP) is -1.50. The third-order valence-corrected chi connectivity index (χ3v) is 0.907. The van der Waals surface area contributed by atoms with Crippen molar-refractivity contribution in [3.05, 3.63) is 0 Å². The monoisotopic (exact) mass is 139 g/mol. The van der Waals surface area contributed by atoms with Crippen molar-refractivity contribution < 1.29 is 15.4 Å². The Kier molecular flexibility index (Phi) is 6.52. The summed E-state index contributed by atoms with van der Waals surface area (Å²) in [6, 6.07) is -0.816. The van der Waals surface area contributed by atoms with Crippen LogP contribution in [0.4, 0.5) is 0 Å². The number of rotatable bonds is 2. The third-order valence-electron chi connectivity index (χ3n) is 0.514. The zero-order valence-electron chi connectivity index (χ0n) is 4.16. The number of carboxylic acid groups (broad SMARTS) is 1. The number of aliphatic carboxylic acids is 1. The van der Waals surface area contributed by atoms with E-state index in [-0.39, 0.29) is 11.2 Å². The summed E-state index contributed by atoms with van der Waals surface area (Å²) in [7, 11) is 0. The van der Waals surface area contributed by atoms with Gasteiger partial charge in [0.2, 0.25) is 0 Å². The average molecular weight is 139 g/mol. The Morgan fingerprint density at radius 1 is 1.88 bits per heavy atom. The highest BCUT2D eigenvalue weighted by Crippen LogP contribution is 1.80. The smallest absolute Gasteiger partial charge is 0.321 e. The molecule has 5 heteroatoms. The lowest BCUT2D eigenvalue weighted by Crippen LogP contribution is -2.31. The first-order valence-corrected chi connectivity index (χ1v) is 2.41. The number of hydrogen-bond acceptors (Lipinski definition) is 3. The molecule has 0 bridgehead atoms. The van der Waals surface area contributed by atoms with Crippen LogP contribution in [0.2, 0.25) is 0 Å². The van der Waals surface area contributed by atoms with Crippen molar-refractivity contribution in [3.8, 4) is 0 Å². The van der Waals surface area contributed by atoms with Gasteiger partial charge in [0.1, 0.15) is 6.04 Å². The van der Waals surface area contributed by atoms with Crippen LogP contribution in [0.15, 0.2) is 0 Å². The van der Waals surface area contributed by atoms with Crippen LogP contribution in [-0.2, 0) is 4.79 Å². The highest BCUT2D eigenvalue weighted by molar-refractivity contribution is 7.80. The molecule has 0 aromatic carbocycles.